The Hall–Kier alpha value is -3.45. The minimum atomic E-state index is -0.410. The second kappa shape index (κ2) is 8.96. The van der Waals surface area contributed by atoms with Crippen molar-refractivity contribution < 1.29 is 14.7 Å². The molecule has 0 aliphatic heterocycles. The van der Waals surface area contributed by atoms with Crippen LogP contribution in [0.5, 0.6) is 5.75 Å². The lowest BCUT2D eigenvalue weighted by atomic mass is 10.1. The predicted octanol–water partition coefficient (Wildman–Crippen LogP) is 4.17. The van der Waals surface area contributed by atoms with Crippen molar-refractivity contribution >= 4 is 39.6 Å². The summed E-state index contributed by atoms with van der Waals surface area (Å²) in [6.45, 7) is 0. The van der Waals surface area contributed by atoms with E-state index < -0.39 is 5.91 Å². The number of phenolic OH excluding ortho intramolecular Hbond substituents is 1. The van der Waals surface area contributed by atoms with E-state index in [0.717, 1.165) is 4.47 Å². The molecule has 0 radical (unpaired) electrons. The van der Waals surface area contributed by atoms with Gasteiger partial charge in [-0.1, -0.05) is 34.1 Å². The summed E-state index contributed by atoms with van der Waals surface area (Å²) in [4.78, 5) is 24.3. The Morgan fingerprint density at radius 2 is 1.57 bits per heavy atom. The second-order valence-electron chi connectivity index (χ2n) is 5.80. The quantitative estimate of drug-likeness (QED) is 0.413. The standard InChI is InChI=1S/C21H16BrN3O3/c22-17-8-11-19(26)16(12-17)13-23-25-21(28)15-6-9-18(10-7-15)24-20(27)14-4-2-1-3-5-14/h1-13,26H,(H,24,27)(H,25,28). The Morgan fingerprint density at radius 3 is 2.29 bits per heavy atom. The molecular formula is C21H16BrN3O3. The van der Waals surface area contributed by atoms with Crippen molar-refractivity contribution in [2.24, 2.45) is 5.10 Å². The predicted molar refractivity (Wildman–Crippen MR) is 112 cm³/mol. The summed E-state index contributed by atoms with van der Waals surface area (Å²) < 4.78 is 0.784. The first kappa shape index (κ1) is 19.3. The Kier molecular flexibility index (Phi) is 6.18. The highest BCUT2D eigenvalue weighted by Gasteiger charge is 2.07. The minimum Gasteiger partial charge on any atom is -0.507 e. The summed E-state index contributed by atoms with van der Waals surface area (Å²) in [5, 5.41) is 16.4. The summed E-state index contributed by atoms with van der Waals surface area (Å²) in [7, 11) is 0. The van der Waals surface area contributed by atoms with Crippen molar-refractivity contribution in [3.8, 4) is 5.75 Å². The van der Waals surface area contributed by atoms with Gasteiger partial charge < -0.3 is 10.4 Å². The van der Waals surface area contributed by atoms with Crippen LogP contribution in [0, 0.1) is 0 Å². The maximum absolute atomic E-state index is 12.2. The molecule has 3 aromatic rings. The van der Waals surface area contributed by atoms with Gasteiger partial charge in [-0.2, -0.15) is 5.10 Å². The number of nitrogens with one attached hydrogen (secondary N) is 2. The molecule has 3 aromatic carbocycles. The summed E-state index contributed by atoms with van der Waals surface area (Å²) in [6.07, 6.45) is 1.35. The third kappa shape index (κ3) is 5.05. The van der Waals surface area contributed by atoms with E-state index in [-0.39, 0.29) is 11.7 Å². The largest absolute Gasteiger partial charge is 0.507 e. The fourth-order valence-corrected chi connectivity index (χ4v) is 2.73. The van der Waals surface area contributed by atoms with Crippen LogP contribution in [0.2, 0.25) is 0 Å². The van der Waals surface area contributed by atoms with Crippen molar-refractivity contribution in [2.75, 3.05) is 5.32 Å². The van der Waals surface area contributed by atoms with Crippen LogP contribution in [0.3, 0.4) is 0 Å². The zero-order valence-corrected chi connectivity index (χ0v) is 16.2. The molecule has 3 N–H and O–H groups in total. The molecule has 0 spiro atoms. The van der Waals surface area contributed by atoms with Crippen molar-refractivity contribution in [3.63, 3.8) is 0 Å². The highest BCUT2D eigenvalue weighted by molar-refractivity contribution is 9.10. The first-order valence-electron chi connectivity index (χ1n) is 8.31. The first-order valence-corrected chi connectivity index (χ1v) is 9.10. The number of hydrazone groups is 1. The Morgan fingerprint density at radius 1 is 0.893 bits per heavy atom. The topological polar surface area (TPSA) is 90.8 Å². The zero-order valence-electron chi connectivity index (χ0n) is 14.6. The van der Waals surface area contributed by atoms with E-state index in [1.807, 2.05) is 6.07 Å². The lowest BCUT2D eigenvalue weighted by Gasteiger charge is -2.06. The Labute approximate surface area is 170 Å². The summed E-state index contributed by atoms with van der Waals surface area (Å²) >= 11 is 3.30. The van der Waals surface area contributed by atoms with Gasteiger partial charge in [0.05, 0.1) is 6.21 Å². The molecule has 0 aliphatic rings. The molecule has 28 heavy (non-hydrogen) atoms. The number of anilines is 1. The average molecular weight is 438 g/mol. The zero-order chi connectivity index (χ0) is 19.9. The van der Waals surface area contributed by atoms with Crippen LogP contribution in [0.4, 0.5) is 5.69 Å². The molecule has 0 bridgehead atoms. The molecule has 6 nitrogen and oxygen atoms in total. The maximum Gasteiger partial charge on any atom is 0.271 e. The van der Waals surface area contributed by atoms with Crippen LogP contribution in [-0.2, 0) is 0 Å². The van der Waals surface area contributed by atoms with E-state index in [1.165, 1.54) is 12.3 Å². The Bertz CT molecular complexity index is 1020. The fraction of sp³-hybridized carbons (Fsp3) is 0. The summed E-state index contributed by atoms with van der Waals surface area (Å²) in [5.41, 5.74) is 4.37. The first-order chi connectivity index (χ1) is 13.5. The van der Waals surface area contributed by atoms with Gasteiger partial charge >= 0.3 is 0 Å². The maximum atomic E-state index is 12.2. The van der Waals surface area contributed by atoms with Gasteiger partial charge in [-0.15, -0.1) is 0 Å². The normalized spacial score (nSPS) is 10.6. The highest BCUT2D eigenvalue weighted by atomic mass is 79.9. The number of benzene rings is 3. The number of aromatic hydroxyl groups is 1. The average Bonchev–Trinajstić information content (AvgIpc) is 2.71. The number of phenols is 1. The molecule has 0 saturated heterocycles. The number of nitrogens with zero attached hydrogens (tertiary/aromatic N) is 1. The van der Waals surface area contributed by atoms with Gasteiger partial charge in [-0.3, -0.25) is 9.59 Å². The number of hydrogen-bond donors (Lipinski definition) is 3. The lowest BCUT2D eigenvalue weighted by molar-refractivity contribution is 0.0954. The van der Waals surface area contributed by atoms with E-state index in [4.69, 9.17) is 0 Å². The number of amides is 2. The second-order valence-corrected chi connectivity index (χ2v) is 6.72. The number of rotatable bonds is 5. The van der Waals surface area contributed by atoms with Gasteiger partial charge in [-0.25, -0.2) is 5.43 Å². The van der Waals surface area contributed by atoms with Crippen molar-refractivity contribution in [1.82, 2.24) is 5.43 Å². The van der Waals surface area contributed by atoms with Crippen LogP contribution in [0.15, 0.2) is 82.4 Å². The molecule has 0 saturated carbocycles. The number of carbonyl (C=O) groups is 2. The fourth-order valence-electron chi connectivity index (χ4n) is 2.35. The van der Waals surface area contributed by atoms with E-state index >= 15 is 0 Å². The van der Waals surface area contributed by atoms with Crippen LogP contribution >= 0.6 is 15.9 Å². The lowest BCUT2D eigenvalue weighted by Crippen LogP contribution is -2.17. The number of hydrogen-bond acceptors (Lipinski definition) is 4. The van der Waals surface area contributed by atoms with Gasteiger partial charge in [0, 0.05) is 26.9 Å². The third-order valence-corrected chi connectivity index (χ3v) is 4.29. The number of halogens is 1. The molecule has 0 aliphatic carbocycles. The van der Waals surface area contributed by atoms with E-state index in [2.05, 4.69) is 31.8 Å². The third-order valence-electron chi connectivity index (χ3n) is 3.80. The molecule has 0 unspecified atom stereocenters. The highest BCUT2D eigenvalue weighted by Crippen LogP contribution is 2.20. The van der Waals surface area contributed by atoms with Gasteiger partial charge in [-0.05, 0) is 54.6 Å². The molecule has 3 rings (SSSR count). The van der Waals surface area contributed by atoms with E-state index in [9.17, 15) is 14.7 Å². The summed E-state index contributed by atoms with van der Waals surface area (Å²) in [5.74, 6) is -0.581. The van der Waals surface area contributed by atoms with Crippen LogP contribution in [0.25, 0.3) is 0 Å². The smallest absolute Gasteiger partial charge is 0.271 e. The van der Waals surface area contributed by atoms with Gasteiger partial charge in [0.25, 0.3) is 11.8 Å². The molecular weight excluding hydrogens is 422 g/mol. The van der Waals surface area contributed by atoms with E-state index in [0.29, 0.717) is 22.4 Å². The molecule has 0 fully saturated rings. The van der Waals surface area contributed by atoms with Gasteiger partial charge in [0.15, 0.2) is 0 Å². The van der Waals surface area contributed by atoms with Crippen LogP contribution < -0.4 is 10.7 Å². The van der Waals surface area contributed by atoms with Crippen LogP contribution in [0.1, 0.15) is 26.3 Å². The SMILES string of the molecule is O=C(NN=Cc1cc(Br)ccc1O)c1ccc(NC(=O)c2ccccc2)cc1. The molecule has 7 heteroatoms. The molecule has 0 atom stereocenters. The molecule has 0 heterocycles. The molecule has 140 valence electrons. The van der Waals surface area contributed by atoms with Crippen molar-refractivity contribution in [1.29, 1.82) is 0 Å². The number of carbonyl (C=O) groups excluding carboxylic acids is 2. The van der Waals surface area contributed by atoms with Crippen molar-refractivity contribution in [3.05, 3.63) is 94.0 Å². The van der Waals surface area contributed by atoms with Crippen molar-refractivity contribution in [2.45, 2.75) is 0 Å². The van der Waals surface area contributed by atoms with Gasteiger partial charge in [0.2, 0.25) is 0 Å². The molecule has 2 amide bonds. The van der Waals surface area contributed by atoms with E-state index in [1.54, 1.807) is 60.7 Å². The van der Waals surface area contributed by atoms with Crippen LogP contribution in [-0.4, -0.2) is 23.1 Å². The van der Waals surface area contributed by atoms with Gasteiger partial charge in [0.1, 0.15) is 5.75 Å². The summed E-state index contributed by atoms with van der Waals surface area (Å²) in [6, 6.07) is 20.2. The Balaban J connectivity index is 1.60. The monoisotopic (exact) mass is 437 g/mol. The minimum absolute atomic E-state index is 0.0553. The molecule has 0 aromatic heterocycles.